The van der Waals surface area contributed by atoms with Crippen molar-refractivity contribution in [2.75, 3.05) is 13.1 Å². The molecule has 2 unspecified atom stereocenters. The molecule has 1 aliphatic heterocycles. The molecule has 0 saturated carbocycles. The van der Waals surface area contributed by atoms with Gasteiger partial charge in [0.05, 0.1) is 16.4 Å². The fourth-order valence-corrected chi connectivity index (χ4v) is 3.22. The zero-order chi connectivity index (χ0) is 14.0. The Morgan fingerprint density at radius 2 is 2.26 bits per heavy atom. The molecular formula is C14H25ClN4. The summed E-state index contributed by atoms with van der Waals surface area (Å²) in [5, 5.41) is 5.32. The second-order valence-electron chi connectivity index (χ2n) is 5.68. The Morgan fingerprint density at radius 3 is 2.84 bits per heavy atom. The van der Waals surface area contributed by atoms with Crippen LogP contribution in [0.5, 0.6) is 0 Å². The molecule has 2 rings (SSSR count). The number of likely N-dealkylation sites (tertiary alicyclic amines) is 1. The zero-order valence-electron chi connectivity index (χ0n) is 12.2. The van der Waals surface area contributed by atoms with Crippen LogP contribution in [0, 0.1) is 5.92 Å². The normalized spacial score (nSPS) is 22.7. The molecule has 4 nitrogen and oxygen atoms in total. The van der Waals surface area contributed by atoms with Gasteiger partial charge in [0.25, 0.3) is 0 Å². The number of hydrogen-bond acceptors (Lipinski definition) is 3. The first-order chi connectivity index (χ1) is 9.02. The monoisotopic (exact) mass is 284 g/mol. The molecule has 2 atom stereocenters. The van der Waals surface area contributed by atoms with Crippen molar-refractivity contribution in [1.82, 2.24) is 14.7 Å². The number of piperidine rings is 1. The van der Waals surface area contributed by atoms with Crippen LogP contribution in [0.2, 0.25) is 5.02 Å². The number of nitrogens with two attached hydrogens (primary N) is 1. The summed E-state index contributed by atoms with van der Waals surface area (Å²) >= 11 is 6.41. The average molecular weight is 285 g/mol. The Labute approximate surface area is 120 Å². The van der Waals surface area contributed by atoms with Crippen LogP contribution < -0.4 is 5.73 Å². The van der Waals surface area contributed by atoms with Crippen molar-refractivity contribution >= 4 is 11.6 Å². The minimum Gasteiger partial charge on any atom is -0.328 e. The van der Waals surface area contributed by atoms with Crippen molar-refractivity contribution in [3.05, 3.63) is 16.4 Å². The third kappa shape index (κ3) is 3.30. The van der Waals surface area contributed by atoms with E-state index in [-0.39, 0.29) is 6.04 Å². The Hall–Kier alpha value is -0.580. The lowest BCUT2D eigenvalue weighted by Crippen LogP contribution is -2.42. The van der Waals surface area contributed by atoms with Crippen LogP contribution in [-0.4, -0.2) is 33.8 Å². The van der Waals surface area contributed by atoms with Gasteiger partial charge in [0.2, 0.25) is 0 Å². The molecule has 1 fully saturated rings. The van der Waals surface area contributed by atoms with Gasteiger partial charge in [0.15, 0.2) is 0 Å². The number of halogens is 1. The summed E-state index contributed by atoms with van der Waals surface area (Å²) in [6.45, 7) is 7.28. The lowest BCUT2D eigenvalue weighted by molar-refractivity contribution is 0.151. The van der Waals surface area contributed by atoms with Crippen LogP contribution in [0.25, 0.3) is 0 Å². The largest absolute Gasteiger partial charge is 0.328 e. The van der Waals surface area contributed by atoms with Crippen LogP contribution in [-0.2, 0) is 20.0 Å². The number of nitrogens with zero attached hydrogens (tertiary/aromatic N) is 3. The third-order valence-corrected chi connectivity index (χ3v) is 4.60. The van der Waals surface area contributed by atoms with Gasteiger partial charge in [-0.05, 0) is 38.6 Å². The van der Waals surface area contributed by atoms with Gasteiger partial charge in [-0.1, -0.05) is 18.5 Å². The summed E-state index contributed by atoms with van der Waals surface area (Å²) in [7, 11) is 1.98. The summed E-state index contributed by atoms with van der Waals surface area (Å²) < 4.78 is 1.93. The highest BCUT2D eigenvalue weighted by Crippen LogP contribution is 2.25. The van der Waals surface area contributed by atoms with E-state index in [4.69, 9.17) is 17.3 Å². The SMILES string of the molecule is CCc1nn(C)c(CN2CCCC(C(C)N)C2)c1Cl. The maximum Gasteiger partial charge on any atom is 0.0863 e. The molecule has 108 valence electrons. The van der Waals surface area contributed by atoms with Crippen LogP contribution in [0.4, 0.5) is 0 Å². The molecule has 2 N–H and O–H groups in total. The van der Waals surface area contributed by atoms with E-state index in [1.54, 1.807) is 0 Å². The maximum atomic E-state index is 6.41. The van der Waals surface area contributed by atoms with Crippen LogP contribution in [0.1, 0.15) is 38.1 Å². The van der Waals surface area contributed by atoms with Gasteiger partial charge < -0.3 is 5.73 Å². The molecule has 1 saturated heterocycles. The quantitative estimate of drug-likeness (QED) is 0.922. The standard InChI is InChI=1S/C14H25ClN4/c1-4-12-14(15)13(18(3)17-12)9-19-7-5-6-11(8-19)10(2)16/h10-11H,4-9,16H2,1-3H3. The van der Waals surface area contributed by atoms with Crippen molar-refractivity contribution in [1.29, 1.82) is 0 Å². The number of aryl methyl sites for hydroxylation is 2. The summed E-state index contributed by atoms with van der Waals surface area (Å²) in [5.41, 5.74) is 8.17. The molecule has 5 heteroatoms. The molecule has 1 aromatic heterocycles. The van der Waals surface area contributed by atoms with Gasteiger partial charge in [-0.25, -0.2) is 0 Å². The first kappa shape index (κ1) is 14.8. The van der Waals surface area contributed by atoms with E-state index in [0.29, 0.717) is 5.92 Å². The molecule has 1 aliphatic rings. The summed E-state index contributed by atoms with van der Waals surface area (Å²) in [6, 6.07) is 0.274. The van der Waals surface area contributed by atoms with Gasteiger partial charge in [-0.3, -0.25) is 9.58 Å². The molecule has 0 radical (unpaired) electrons. The molecule has 1 aromatic rings. The lowest BCUT2D eigenvalue weighted by Gasteiger charge is -2.34. The second kappa shape index (κ2) is 6.25. The Morgan fingerprint density at radius 1 is 1.53 bits per heavy atom. The minimum atomic E-state index is 0.274. The molecule has 19 heavy (non-hydrogen) atoms. The van der Waals surface area contributed by atoms with Crippen molar-refractivity contribution < 1.29 is 0 Å². The fourth-order valence-electron chi connectivity index (χ4n) is 2.87. The van der Waals surface area contributed by atoms with Crippen LogP contribution in [0.15, 0.2) is 0 Å². The molecule has 0 spiro atoms. The van der Waals surface area contributed by atoms with Crippen molar-refractivity contribution in [2.24, 2.45) is 18.7 Å². The first-order valence-electron chi connectivity index (χ1n) is 7.21. The molecule has 0 aliphatic carbocycles. The predicted molar refractivity (Wildman–Crippen MR) is 79.2 cm³/mol. The Kier molecular flexibility index (Phi) is 4.87. The highest BCUT2D eigenvalue weighted by molar-refractivity contribution is 6.31. The number of hydrogen-bond donors (Lipinski definition) is 1. The van der Waals surface area contributed by atoms with E-state index >= 15 is 0 Å². The topological polar surface area (TPSA) is 47.1 Å². The molecule has 0 bridgehead atoms. The molecule has 0 amide bonds. The van der Waals surface area contributed by atoms with Crippen molar-refractivity contribution in [3.63, 3.8) is 0 Å². The predicted octanol–water partition coefficient (Wildman–Crippen LogP) is 2.20. The summed E-state index contributed by atoms with van der Waals surface area (Å²) in [5.74, 6) is 0.603. The maximum absolute atomic E-state index is 6.41. The van der Waals surface area contributed by atoms with Gasteiger partial charge in [-0.2, -0.15) is 5.10 Å². The fraction of sp³-hybridized carbons (Fsp3) is 0.786. The molecule has 2 heterocycles. The third-order valence-electron chi connectivity index (χ3n) is 4.16. The van der Waals surface area contributed by atoms with Crippen molar-refractivity contribution in [3.8, 4) is 0 Å². The number of rotatable bonds is 4. The Balaban J connectivity index is 2.06. The van der Waals surface area contributed by atoms with E-state index in [1.165, 1.54) is 12.8 Å². The average Bonchev–Trinajstić information content (AvgIpc) is 2.66. The van der Waals surface area contributed by atoms with Gasteiger partial charge >= 0.3 is 0 Å². The van der Waals surface area contributed by atoms with Crippen LogP contribution in [0.3, 0.4) is 0 Å². The zero-order valence-corrected chi connectivity index (χ0v) is 13.0. The summed E-state index contributed by atoms with van der Waals surface area (Å²) in [4.78, 5) is 2.46. The number of aromatic nitrogens is 2. The van der Waals surface area contributed by atoms with Crippen molar-refractivity contribution in [2.45, 2.75) is 45.7 Å². The van der Waals surface area contributed by atoms with Gasteiger partial charge in [0, 0.05) is 26.2 Å². The first-order valence-corrected chi connectivity index (χ1v) is 7.58. The highest BCUT2D eigenvalue weighted by atomic mass is 35.5. The Bertz CT molecular complexity index is 427. The van der Waals surface area contributed by atoms with Gasteiger partial charge in [0.1, 0.15) is 0 Å². The van der Waals surface area contributed by atoms with E-state index in [2.05, 4.69) is 23.8 Å². The van der Waals surface area contributed by atoms with E-state index < -0.39 is 0 Å². The van der Waals surface area contributed by atoms with E-state index in [9.17, 15) is 0 Å². The highest BCUT2D eigenvalue weighted by Gasteiger charge is 2.24. The van der Waals surface area contributed by atoms with Crippen LogP contribution >= 0.6 is 11.6 Å². The van der Waals surface area contributed by atoms with Gasteiger partial charge in [-0.15, -0.1) is 0 Å². The molecule has 0 aromatic carbocycles. The van der Waals surface area contributed by atoms with E-state index in [1.807, 2.05) is 11.7 Å². The second-order valence-corrected chi connectivity index (χ2v) is 6.06. The smallest absolute Gasteiger partial charge is 0.0863 e. The molecular weight excluding hydrogens is 260 g/mol. The summed E-state index contributed by atoms with van der Waals surface area (Å²) in [6.07, 6.45) is 3.35. The lowest BCUT2D eigenvalue weighted by atomic mass is 9.92. The minimum absolute atomic E-state index is 0.274. The van der Waals surface area contributed by atoms with E-state index in [0.717, 1.165) is 42.5 Å².